The predicted molar refractivity (Wildman–Crippen MR) is 106 cm³/mol. The minimum absolute atomic E-state index is 0.226. The second kappa shape index (κ2) is 12.3. The van der Waals surface area contributed by atoms with E-state index in [4.69, 9.17) is 0 Å². The SMILES string of the molecule is CCCCCCCCC1CC1CCCCCCCC(=O)C1C(=O)COC1=O. The number of carbonyl (C=O) groups excluding carboxylic acids is 3. The summed E-state index contributed by atoms with van der Waals surface area (Å²) in [6, 6.07) is 0. The van der Waals surface area contributed by atoms with Crippen LogP contribution in [0.2, 0.25) is 0 Å². The van der Waals surface area contributed by atoms with Crippen molar-refractivity contribution in [2.75, 3.05) is 6.61 Å². The number of esters is 1. The van der Waals surface area contributed by atoms with Crippen LogP contribution < -0.4 is 0 Å². The standard InChI is InChI=1S/C23H38O4/c1-2-3-4-5-7-10-13-18-16-19(18)14-11-8-6-9-12-15-20(24)22-21(25)17-27-23(22)26/h18-19,22H,2-17H2,1H3. The van der Waals surface area contributed by atoms with Crippen molar-refractivity contribution < 1.29 is 19.1 Å². The molecular weight excluding hydrogens is 340 g/mol. The lowest BCUT2D eigenvalue weighted by molar-refractivity contribution is -0.144. The van der Waals surface area contributed by atoms with E-state index in [-0.39, 0.29) is 18.2 Å². The molecule has 0 radical (unpaired) electrons. The van der Waals surface area contributed by atoms with Crippen LogP contribution in [-0.4, -0.2) is 24.1 Å². The molecule has 1 aliphatic heterocycles. The Morgan fingerprint density at radius 1 is 0.852 bits per heavy atom. The highest BCUT2D eigenvalue weighted by molar-refractivity contribution is 6.20. The van der Waals surface area contributed by atoms with Gasteiger partial charge in [-0.25, -0.2) is 0 Å². The highest BCUT2D eigenvalue weighted by Gasteiger charge is 2.40. The molecule has 27 heavy (non-hydrogen) atoms. The fourth-order valence-electron chi connectivity index (χ4n) is 4.34. The van der Waals surface area contributed by atoms with Crippen LogP contribution in [0.3, 0.4) is 0 Å². The van der Waals surface area contributed by atoms with E-state index in [1.165, 1.54) is 70.6 Å². The van der Waals surface area contributed by atoms with Crippen molar-refractivity contribution in [2.24, 2.45) is 17.8 Å². The number of carbonyl (C=O) groups is 3. The molecule has 154 valence electrons. The van der Waals surface area contributed by atoms with Crippen LogP contribution >= 0.6 is 0 Å². The molecule has 1 saturated heterocycles. The summed E-state index contributed by atoms with van der Waals surface area (Å²) >= 11 is 0. The summed E-state index contributed by atoms with van der Waals surface area (Å²) in [4.78, 5) is 34.7. The summed E-state index contributed by atoms with van der Waals surface area (Å²) < 4.78 is 4.63. The quantitative estimate of drug-likeness (QED) is 0.204. The molecule has 0 amide bonds. The van der Waals surface area contributed by atoms with Gasteiger partial charge >= 0.3 is 5.97 Å². The summed E-state index contributed by atoms with van der Waals surface area (Å²) in [5.74, 6) is -0.393. The van der Waals surface area contributed by atoms with Crippen molar-refractivity contribution in [3.8, 4) is 0 Å². The molecule has 0 N–H and O–H groups in total. The summed E-state index contributed by atoms with van der Waals surface area (Å²) in [6.07, 6.45) is 18.5. The summed E-state index contributed by atoms with van der Waals surface area (Å²) in [6.45, 7) is 2.04. The van der Waals surface area contributed by atoms with Crippen molar-refractivity contribution in [2.45, 2.75) is 103 Å². The van der Waals surface area contributed by atoms with Gasteiger partial charge < -0.3 is 4.74 Å². The lowest BCUT2D eigenvalue weighted by Gasteiger charge is -2.04. The number of ether oxygens (including phenoxy) is 1. The van der Waals surface area contributed by atoms with Gasteiger partial charge in [-0.3, -0.25) is 14.4 Å². The summed E-state index contributed by atoms with van der Waals surface area (Å²) in [7, 11) is 0. The maximum Gasteiger partial charge on any atom is 0.324 e. The third-order valence-corrected chi connectivity index (χ3v) is 6.23. The van der Waals surface area contributed by atoms with Crippen molar-refractivity contribution >= 4 is 17.5 Å². The van der Waals surface area contributed by atoms with E-state index in [9.17, 15) is 14.4 Å². The number of Topliss-reactive ketones (excluding diaryl/α,β-unsaturated/α-hetero) is 2. The number of hydrogen-bond acceptors (Lipinski definition) is 4. The predicted octanol–water partition coefficient (Wildman–Crippen LogP) is 5.42. The van der Waals surface area contributed by atoms with Crippen LogP contribution in [0.5, 0.6) is 0 Å². The van der Waals surface area contributed by atoms with Gasteiger partial charge in [0.15, 0.2) is 24.1 Å². The molecule has 1 aliphatic carbocycles. The smallest absolute Gasteiger partial charge is 0.324 e. The molecule has 4 heteroatoms. The Morgan fingerprint density at radius 3 is 1.96 bits per heavy atom. The van der Waals surface area contributed by atoms with E-state index in [1.807, 2.05) is 0 Å². The van der Waals surface area contributed by atoms with E-state index >= 15 is 0 Å². The molecule has 2 rings (SSSR count). The first-order chi connectivity index (χ1) is 13.1. The number of ketones is 2. The first-order valence-electron chi connectivity index (χ1n) is 11.4. The van der Waals surface area contributed by atoms with Gasteiger partial charge in [0.25, 0.3) is 0 Å². The van der Waals surface area contributed by atoms with Gasteiger partial charge in [-0.05, 0) is 24.7 Å². The summed E-state index contributed by atoms with van der Waals surface area (Å²) in [5.41, 5.74) is 0. The van der Waals surface area contributed by atoms with Gasteiger partial charge in [0.1, 0.15) is 0 Å². The number of hydrogen-bond donors (Lipinski definition) is 0. The van der Waals surface area contributed by atoms with Crippen LogP contribution in [0.4, 0.5) is 0 Å². The molecule has 0 spiro atoms. The van der Waals surface area contributed by atoms with Crippen LogP contribution in [0.25, 0.3) is 0 Å². The highest BCUT2D eigenvalue weighted by atomic mass is 16.5. The molecule has 0 aromatic rings. The van der Waals surface area contributed by atoms with Gasteiger partial charge in [-0.1, -0.05) is 84.0 Å². The third kappa shape index (κ3) is 8.15. The fourth-order valence-corrected chi connectivity index (χ4v) is 4.34. The average molecular weight is 379 g/mol. The first-order valence-corrected chi connectivity index (χ1v) is 11.4. The van der Waals surface area contributed by atoms with Crippen molar-refractivity contribution in [3.63, 3.8) is 0 Å². The van der Waals surface area contributed by atoms with Crippen molar-refractivity contribution in [1.82, 2.24) is 0 Å². The molecule has 2 fully saturated rings. The Morgan fingerprint density at radius 2 is 1.41 bits per heavy atom. The molecule has 2 aliphatic rings. The molecular formula is C23H38O4. The van der Waals surface area contributed by atoms with Crippen molar-refractivity contribution in [3.05, 3.63) is 0 Å². The van der Waals surface area contributed by atoms with E-state index in [0.29, 0.717) is 6.42 Å². The molecule has 3 atom stereocenters. The fraction of sp³-hybridized carbons (Fsp3) is 0.870. The molecule has 3 unspecified atom stereocenters. The lowest BCUT2D eigenvalue weighted by atomic mass is 9.96. The van der Waals surface area contributed by atoms with E-state index in [1.54, 1.807) is 0 Å². The van der Waals surface area contributed by atoms with E-state index in [2.05, 4.69) is 11.7 Å². The second-order valence-electron chi connectivity index (χ2n) is 8.59. The van der Waals surface area contributed by atoms with Gasteiger partial charge in [-0.15, -0.1) is 0 Å². The monoisotopic (exact) mass is 378 g/mol. The number of rotatable bonds is 16. The zero-order valence-corrected chi connectivity index (χ0v) is 17.2. The van der Waals surface area contributed by atoms with E-state index in [0.717, 1.165) is 31.1 Å². The highest BCUT2D eigenvalue weighted by Crippen LogP contribution is 2.45. The first kappa shape index (κ1) is 22.1. The van der Waals surface area contributed by atoms with Crippen LogP contribution in [0, 0.1) is 17.8 Å². The number of cyclic esters (lactones) is 1. The minimum Gasteiger partial charge on any atom is -0.457 e. The Bertz CT molecular complexity index is 469. The second-order valence-corrected chi connectivity index (χ2v) is 8.59. The van der Waals surface area contributed by atoms with Gasteiger partial charge in [0.2, 0.25) is 0 Å². The largest absolute Gasteiger partial charge is 0.457 e. The van der Waals surface area contributed by atoms with Crippen LogP contribution in [0.15, 0.2) is 0 Å². The summed E-state index contributed by atoms with van der Waals surface area (Å²) in [5, 5.41) is 0. The lowest BCUT2D eigenvalue weighted by Crippen LogP contribution is -2.25. The van der Waals surface area contributed by atoms with Gasteiger partial charge in [-0.2, -0.15) is 0 Å². The molecule has 1 saturated carbocycles. The number of unbranched alkanes of at least 4 members (excludes halogenated alkanes) is 9. The maximum atomic E-state index is 11.9. The molecule has 0 aromatic heterocycles. The molecule has 1 heterocycles. The topological polar surface area (TPSA) is 60.4 Å². The zero-order valence-electron chi connectivity index (χ0n) is 17.2. The molecule has 4 nitrogen and oxygen atoms in total. The van der Waals surface area contributed by atoms with Crippen molar-refractivity contribution in [1.29, 1.82) is 0 Å². The van der Waals surface area contributed by atoms with Crippen LogP contribution in [-0.2, 0) is 19.1 Å². The van der Waals surface area contributed by atoms with Crippen LogP contribution in [0.1, 0.15) is 103 Å². The minimum atomic E-state index is -1.12. The Labute approximate surface area is 164 Å². The molecule has 0 aromatic carbocycles. The maximum absolute atomic E-state index is 11.9. The molecule has 0 bridgehead atoms. The average Bonchev–Trinajstić information content (AvgIpc) is 3.31. The Kier molecular flexibility index (Phi) is 10.1. The Hall–Kier alpha value is -1.19. The normalized spacial score (nSPS) is 24.3. The Balaban J connectivity index is 1.37. The third-order valence-electron chi connectivity index (χ3n) is 6.23. The van der Waals surface area contributed by atoms with Gasteiger partial charge in [0, 0.05) is 6.42 Å². The zero-order chi connectivity index (χ0) is 19.5. The van der Waals surface area contributed by atoms with E-state index < -0.39 is 11.9 Å². The van der Waals surface area contributed by atoms with Gasteiger partial charge in [0.05, 0.1) is 0 Å².